The highest BCUT2D eigenvalue weighted by atomic mass is 79.9. The zero-order valence-electron chi connectivity index (χ0n) is 11.5. The number of carbonyl (C=O) groups is 1. The molecule has 1 aromatic rings. The Kier molecular flexibility index (Phi) is 5.82. The minimum Gasteiger partial charge on any atom is -0.483 e. The first-order valence-corrected chi connectivity index (χ1v) is 7.00. The number of aryl methyl sites for hydroxylation is 1. The number of halogens is 1. The lowest BCUT2D eigenvalue weighted by atomic mass is 10.0. The van der Waals surface area contributed by atoms with Gasteiger partial charge in [-0.3, -0.25) is 4.79 Å². The van der Waals surface area contributed by atoms with Crippen molar-refractivity contribution in [2.24, 2.45) is 0 Å². The Balaban J connectivity index is 2.55. The standard InChI is InChI=1S/C14H20BrNO3/c1-4-14(3,9-17)16-13(18)8-19-12-6-5-10(2)7-11(12)15/h5-7,17H,4,8-9H2,1-3H3,(H,16,18). The van der Waals surface area contributed by atoms with Crippen LogP contribution in [0.15, 0.2) is 22.7 Å². The van der Waals surface area contributed by atoms with Crippen molar-refractivity contribution in [3.05, 3.63) is 28.2 Å². The van der Waals surface area contributed by atoms with Gasteiger partial charge in [0.05, 0.1) is 16.6 Å². The van der Waals surface area contributed by atoms with Crippen LogP contribution in [0, 0.1) is 6.92 Å². The lowest BCUT2D eigenvalue weighted by molar-refractivity contribution is -0.125. The first-order valence-electron chi connectivity index (χ1n) is 6.21. The molecule has 0 radical (unpaired) electrons. The van der Waals surface area contributed by atoms with Gasteiger partial charge in [-0.15, -0.1) is 0 Å². The van der Waals surface area contributed by atoms with Gasteiger partial charge in [-0.2, -0.15) is 0 Å². The summed E-state index contributed by atoms with van der Waals surface area (Å²) in [4.78, 5) is 11.8. The molecule has 1 rings (SSSR count). The second kappa shape index (κ2) is 6.91. The molecule has 0 fully saturated rings. The highest BCUT2D eigenvalue weighted by Gasteiger charge is 2.23. The molecule has 0 aromatic heterocycles. The monoisotopic (exact) mass is 329 g/mol. The van der Waals surface area contributed by atoms with Crippen LogP contribution in [0.3, 0.4) is 0 Å². The number of nitrogens with one attached hydrogen (secondary N) is 1. The van der Waals surface area contributed by atoms with Gasteiger partial charge < -0.3 is 15.2 Å². The van der Waals surface area contributed by atoms with E-state index in [1.165, 1.54) is 0 Å². The molecule has 106 valence electrons. The molecule has 2 N–H and O–H groups in total. The third kappa shape index (κ3) is 4.84. The van der Waals surface area contributed by atoms with Gasteiger partial charge in [-0.1, -0.05) is 13.0 Å². The topological polar surface area (TPSA) is 58.6 Å². The molecule has 0 bridgehead atoms. The molecule has 0 spiro atoms. The van der Waals surface area contributed by atoms with Crippen LogP contribution in [0.4, 0.5) is 0 Å². The zero-order valence-corrected chi connectivity index (χ0v) is 13.1. The fraction of sp³-hybridized carbons (Fsp3) is 0.500. The van der Waals surface area contributed by atoms with E-state index in [-0.39, 0.29) is 19.1 Å². The second-order valence-electron chi connectivity index (χ2n) is 4.84. The summed E-state index contributed by atoms with van der Waals surface area (Å²) < 4.78 is 6.27. The fourth-order valence-electron chi connectivity index (χ4n) is 1.48. The summed E-state index contributed by atoms with van der Waals surface area (Å²) >= 11 is 3.39. The van der Waals surface area contributed by atoms with E-state index in [1.807, 2.05) is 32.0 Å². The third-order valence-corrected chi connectivity index (χ3v) is 3.64. The quantitative estimate of drug-likeness (QED) is 0.842. The number of aliphatic hydroxyl groups is 1. The number of hydrogen-bond acceptors (Lipinski definition) is 3. The first-order chi connectivity index (χ1) is 8.90. The van der Waals surface area contributed by atoms with E-state index in [2.05, 4.69) is 21.2 Å². The smallest absolute Gasteiger partial charge is 0.258 e. The molecule has 5 heteroatoms. The number of ether oxygens (including phenoxy) is 1. The minimum atomic E-state index is -0.592. The maximum absolute atomic E-state index is 11.8. The van der Waals surface area contributed by atoms with Gasteiger partial charge in [0.25, 0.3) is 5.91 Å². The molecule has 0 aliphatic rings. The van der Waals surface area contributed by atoms with E-state index in [1.54, 1.807) is 6.92 Å². The summed E-state index contributed by atoms with van der Waals surface area (Å²) in [6.07, 6.45) is 0.656. The van der Waals surface area contributed by atoms with Gasteiger partial charge >= 0.3 is 0 Å². The van der Waals surface area contributed by atoms with E-state index in [9.17, 15) is 9.90 Å². The number of hydrogen-bond donors (Lipinski definition) is 2. The predicted octanol–water partition coefficient (Wildman–Crippen LogP) is 2.41. The summed E-state index contributed by atoms with van der Waals surface area (Å²) in [5.41, 5.74) is 0.521. The number of rotatable bonds is 6. The molecular formula is C14H20BrNO3. The van der Waals surface area contributed by atoms with Crippen molar-refractivity contribution in [3.63, 3.8) is 0 Å². The van der Waals surface area contributed by atoms with Crippen molar-refractivity contribution in [1.82, 2.24) is 5.32 Å². The van der Waals surface area contributed by atoms with Crippen LogP contribution < -0.4 is 10.1 Å². The van der Waals surface area contributed by atoms with Crippen LogP contribution in [-0.2, 0) is 4.79 Å². The average Bonchev–Trinajstić information content (AvgIpc) is 2.37. The predicted molar refractivity (Wildman–Crippen MR) is 78.3 cm³/mol. The number of benzene rings is 1. The van der Waals surface area contributed by atoms with Gasteiger partial charge in [0, 0.05) is 0 Å². The van der Waals surface area contributed by atoms with Crippen molar-refractivity contribution < 1.29 is 14.6 Å². The summed E-state index contributed by atoms with van der Waals surface area (Å²) in [5.74, 6) is 0.383. The van der Waals surface area contributed by atoms with E-state index in [0.29, 0.717) is 12.2 Å². The van der Waals surface area contributed by atoms with Gasteiger partial charge in [-0.25, -0.2) is 0 Å². The van der Waals surface area contributed by atoms with Crippen molar-refractivity contribution in [1.29, 1.82) is 0 Å². The molecule has 0 saturated heterocycles. The molecule has 0 heterocycles. The Labute approximate surface area is 122 Å². The van der Waals surface area contributed by atoms with Crippen molar-refractivity contribution >= 4 is 21.8 Å². The lowest BCUT2D eigenvalue weighted by Gasteiger charge is -2.27. The normalized spacial score (nSPS) is 13.7. The van der Waals surface area contributed by atoms with E-state index in [4.69, 9.17) is 4.74 Å². The molecule has 0 aliphatic heterocycles. The molecule has 0 saturated carbocycles. The van der Waals surface area contributed by atoms with Gasteiger partial charge in [0.15, 0.2) is 6.61 Å². The van der Waals surface area contributed by atoms with E-state index in [0.717, 1.165) is 10.0 Å². The molecule has 0 aliphatic carbocycles. The molecule has 1 amide bonds. The Bertz CT molecular complexity index is 444. The Morgan fingerprint density at radius 3 is 2.74 bits per heavy atom. The maximum Gasteiger partial charge on any atom is 0.258 e. The second-order valence-corrected chi connectivity index (χ2v) is 5.70. The molecule has 19 heavy (non-hydrogen) atoms. The van der Waals surface area contributed by atoms with Crippen LogP contribution in [0.25, 0.3) is 0 Å². The molecular weight excluding hydrogens is 310 g/mol. The Morgan fingerprint density at radius 1 is 1.53 bits per heavy atom. The Hall–Kier alpha value is -1.07. The largest absolute Gasteiger partial charge is 0.483 e. The summed E-state index contributed by atoms with van der Waals surface area (Å²) in [6, 6.07) is 5.66. The minimum absolute atomic E-state index is 0.0722. The highest BCUT2D eigenvalue weighted by Crippen LogP contribution is 2.25. The summed E-state index contributed by atoms with van der Waals surface area (Å²) in [5, 5.41) is 12.0. The third-order valence-electron chi connectivity index (χ3n) is 3.02. The number of amides is 1. The molecule has 1 atom stereocenters. The van der Waals surface area contributed by atoms with Crippen molar-refractivity contribution in [2.75, 3.05) is 13.2 Å². The van der Waals surface area contributed by atoms with Crippen LogP contribution in [0.2, 0.25) is 0 Å². The van der Waals surface area contributed by atoms with Crippen LogP contribution in [-0.4, -0.2) is 29.8 Å². The van der Waals surface area contributed by atoms with Gasteiger partial charge in [0.2, 0.25) is 0 Å². The summed E-state index contributed by atoms with van der Waals surface area (Å²) in [7, 11) is 0. The fourth-order valence-corrected chi connectivity index (χ4v) is 2.09. The summed E-state index contributed by atoms with van der Waals surface area (Å²) in [6.45, 7) is 5.52. The van der Waals surface area contributed by atoms with Crippen molar-refractivity contribution in [2.45, 2.75) is 32.7 Å². The molecule has 4 nitrogen and oxygen atoms in total. The number of aliphatic hydroxyl groups excluding tert-OH is 1. The first kappa shape index (κ1) is 16.0. The molecule has 1 aromatic carbocycles. The van der Waals surface area contributed by atoms with Gasteiger partial charge in [0.1, 0.15) is 5.75 Å². The molecule has 1 unspecified atom stereocenters. The van der Waals surface area contributed by atoms with Crippen LogP contribution in [0.5, 0.6) is 5.75 Å². The van der Waals surface area contributed by atoms with Crippen LogP contribution >= 0.6 is 15.9 Å². The SMILES string of the molecule is CCC(C)(CO)NC(=O)COc1ccc(C)cc1Br. The lowest BCUT2D eigenvalue weighted by Crippen LogP contribution is -2.49. The van der Waals surface area contributed by atoms with Crippen LogP contribution in [0.1, 0.15) is 25.8 Å². The number of carbonyl (C=O) groups excluding carboxylic acids is 1. The highest BCUT2D eigenvalue weighted by molar-refractivity contribution is 9.10. The average molecular weight is 330 g/mol. The zero-order chi connectivity index (χ0) is 14.5. The van der Waals surface area contributed by atoms with E-state index < -0.39 is 5.54 Å². The maximum atomic E-state index is 11.8. The van der Waals surface area contributed by atoms with Crippen molar-refractivity contribution in [3.8, 4) is 5.75 Å². The van der Waals surface area contributed by atoms with Gasteiger partial charge in [-0.05, 0) is 53.9 Å². The Morgan fingerprint density at radius 2 is 2.21 bits per heavy atom. The van der Waals surface area contributed by atoms with E-state index >= 15 is 0 Å².